The molecule has 3 aromatic rings. The van der Waals surface area contributed by atoms with Crippen molar-refractivity contribution in [2.75, 3.05) is 0 Å². The SMILES string of the molecule is O=C1NC(=Nc2ccccc2Cl)S/C1=C/c1cc(Br)c(OCc2ccc(F)cc2)c(Br)c1. The fourth-order valence-corrected chi connectivity index (χ4v) is 5.28. The predicted octanol–water partition coefficient (Wildman–Crippen LogP) is 7.47. The van der Waals surface area contributed by atoms with Crippen LogP contribution in [0.5, 0.6) is 5.75 Å². The Morgan fingerprint density at radius 3 is 2.47 bits per heavy atom. The largest absolute Gasteiger partial charge is 0.487 e. The molecule has 0 aliphatic carbocycles. The molecule has 1 saturated heterocycles. The molecule has 1 aliphatic rings. The van der Waals surface area contributed by atoms with Crippen LogP contribution in [-0.2, 0) is 11.4 Å². The average molecular weight is 597 g/mol. The number of halogens is 4. The Labute approximate surface area is 210 Å². The average Bonchev–Trinajstić information content (AvgIpc) is 3.09. The van der Waals surface area contributed by atoms with Gasteiger partial charge < -0.3 is 10.1 Å². The molecule has 3 aromatic carbocycles. The first-order valence-corrected chi connectivity index (χ1v) is 12.1. The number of hydrogen-bond acceptors (Lipinski definition) is 4. The smallest absolute Gasteiger partial charge is 0.264 e. The number of amidine groups is 1. The van der Waals surface area contributed by atoms with Crippen molar-refractivity contribution in [3.8, 4) is 5.75 Å². The maximum Gasteiger partial charge on any atom is 0.264 e. The van der Waals surface area contributed by atoms with E-state index in [9.17, 15) is 9.18 Å². The summed E-state index contributed by atoms with van der Waals surface area (Å²) in [6, 6.07) is 17.0. The van der Waals surface area contributed by atoms with Crippen molar-refractivity contribution in [3.63, 3.8) is 0 Å². The lowest BCUT2D eigenvalue weighted by atomic mass is 10.2. The Kier molecular flexibility index (Phi) is 7.35. The van der Waals surface area contributed by atoms with Crippen LogP contribution >= 0.6 is 55.2 Å². The number of hydrogen-bond donors (Lipinski definition) is 1. The summed E-state index contributed by atoms with van der Waals surface area (Å²) in [6.45, 7) is 0.290. The second kappa shape index (κ2) is 10.2. The van der Waals surface area contributed by atoms with Crippen molar-refractivity contribution in [2.24, 2.45) is 4.99 Å². The summed E-state index contributed by atoms with van der Waals surface area (Å²) >= 11 is 14.4. The molecule has 4 rings (SSSR count). The lowest BCUT2D eigenvalue weighted by Gasteiger charge is -2.11. The molecule has 9 heteroatoms. The summed E-state index contributed by atoms with van der Waals surface area (Å²) in [5.41, 5.74) is 2.24. The third kappa shape index (κ3) is 5.61. The van der Waals surface area contributed by atoms with Gasteiger partial charge in [0.2, 0.25) is 0 Å². The third-order valence-corrected chi connectivity index (χ3v) is 6.75. The highest BCUT2D eigenvalue weighted by Crippen LogP contribution is 2.37. The Morgan fingerprint density at radius 2 is 1.78 bits per heavy atom. The zero-order valence-corrected chi connectivity index (χ0v) is 21.0. The van der Waals surface area contributed by atoms with Crippen LogP contribution in [0.1, 0.15) is 11.1 Å². The van der Waals surface area contributed by atoms with Crippen LogP contribution in [0.3, 0.4) is 0 Å². The molecule has 1 heterocycles. The van der Waals surface area contributed by atoms with Crippen LogP contribution in [0.4, 0.5) is 10.1 Å². The number of nitrogens with one attached hydrogen (secondary N) is 1. The van der Waals surface area contributed by atoms with Gasteiger partial charge >= 0.3 is 0 Å². The quantitative estimate of drug-likeness (QED) is 0.311. The van der Waals surface area contributed by atoms with Crippen molar-refractivity contribution in [3.05, 3.63) is 96.5 Å². The Balaban J connectivity index is 1.51. The van der Waals surface area contributed by atoms with Crippen molar-refractivity contribution in [1.29, 1.82) is 0 Å². The summed E-state index contributed by atoms with van der Waals surface area (Å²) in [6.07, 6.45) is 1.77. The second-order valence-electron chi connectivity index (χ2n) is 6.66. The maximum absolute atomic E-state index is 13.1. The van der Waals surface area contributed by atoms with Crippen LogP contribution in [0.2, 0.25) is 5.02 Å². The Morgan fingerprint density at radius 1 is 1.09 bits per heavy atom. The minimum absolute atomic E-state index is 0.232. The molecular formula is C23H14Br2ClFN2O2S. The maximum atomic E-state index is 13.1. The van der Waals surface area contributed by atoms with E-state index in [4.69, 9.17) is 16.3 Å². The van der Waals surface area contributed by atoms with Crippen molar-refractivity contribution < 1.29 is 13.9 Å². The molecule has 0 bridgehead atoms. The zero-order chi connectivity index (χ0) is 22.7. The van der Waals surface area contributed by atoms with Gasteiger partial charge in [0.1, 0.15) is 18.2 Å². The molecular weight excluding hydrogens is 583 g/mol. The number of benzene rings is 3. The lowest BCUT2D eigenvalue weighted by molar-refractivity contribution is -0.115. The molecule has 0 atom stereocenters. The lowest BCUT2D eigenvalue weighted by Crippen LogP contribution is -2.19. The molecule has 0 radical (unpaired) electrons. The molecule has 0 aromatic heterocycles. The summed E-state index contributed by atoms with van der Waals surface area (Å²) in [7, 11) is 0. The fraction of sp³-hybridized carbons (Fsp3) is 0.0435. The van der Waals surface area contributed by atoms with Crippen molar-refractivity contribution in [2.45, 2.75) is 6.61 Å². The molecule has 1 fully saturated rings. The zero-order valence-electron chi connectivity index (χ0n) is 16.2. The number of carbonyl (C=O) groups excluding carboxylic acids is 1. The number of thioether (sulfide) groups is 1. The fourth-order valence-electron chi connectivity index (χ4n) is 2.82. The topological polar surface area (TPSA) is 50.7 Å². The number of carbonyl (C=O) groups is 1. The van der Waals surface area contributed by atoms with E-state index >= 15 is 0 Å². The Hall–Kier alpha value is -2.13. The number of para-hydroxylation sites is 1. The first kappa shape index (κ1) is 23.0. The minimum Gasteiger partial charge on any atom is -0.487 e. The van der Waals surface area contributed by atoms with Crippen LogP contribution < -0.4 is 10.1 Å². The van der Waals surface area contributed by atoms with Gasteiger partial charge in [0.25, 0.3) is 5.91 Å². The van der Waals surface area contributed by atoms with Crippen LogP contribution in [0.15, 0.2) is 79.5 Å². The standard InChI is InChI=1S/C23H14Br2ClFN2O2S/c24-16-9-14(10-17(25)21(16)31-12-13-5-7-15(27)8-6-13)11-20-22(30)29-23(32-20)28-19-4-2-1-3-18(19)26/h1-11H,12H2,(H,28,29,30)/b20-11+. The molecule has 1 amide bonds. The van der Waals surface area contributed by atoms with E-state index in [0.29, 0.717) is 35.5 Å². The Bertz CT molecular complexity index is 1230. The van der Waals surface area contributed by atoms with E-state index in [1.165, 1.54) is 23.9 Å². The highest BCUT2D eigenvalue weighted by molar-refractivity contribution is 9.11. The van der Waals surface area contributed by atoms with Crippen molar-refractivity contribution >= 4 is 78.1 Å². The molecule has 0 saturated carbocycles. The first-order valence-electron chi connectivity index (χ1n) is 9.29. The van der Waals surface area contributed by atoms with Crippen LogP contribution in [0.25, 0.3) is 6.08 Å². The van der Waals surface area contributed by atoms with Gasteiger partial charge in [0.05, 0.1) is 24.6 Å². The third-order valence-electron chi connectivity index (χ3n) is 4.34. The molecule has 1 aliphatic heterocycles. The number of nitrogens with zero attached hydrogens (tertiary/aromatic N) is 1. The van der Waals surface area contributed by atoms with Gasteiger partial charge in [-0.2, -0.15) is 0 Å². The van der Waals surface area contributed by atoms with E-state index in [2.05, 4.69) is 42.2 Å². The molecule has 1 N–H and O–H groups in total. The number of aliphatic imine (C=N–C) groups is 1. The van der Waals surface area contributed by atoms with E-state index in [1.54, 1.807) is 30.3 Å². The van der Waals surface area contributed by atoms with E-state index in [-0.39, 0.29) is 18.3 Å². The monoisotopic (exact) mass is 594 g/mol. The van der Waals surface area contributed by atoms with E-state index in [1.807, 2.05) is 24.3 Å². The van der Waals surface area contributed by atoms with Gasteiger partial charge in [-0.1, -0.05) is 35.9 Å². The van der Waals surface area contributed by atoms with Gasteiger partial charge in [-0.3, -0.25) is 4.79 Å². The van der Waals surface area contributed by atoms with Crippen LogP contribution in [0, 0.1) is 5.82 Å². The highest BCUT2D eigenvalue weighted by Gasteiger charge is 2.24. The van der Waals surface area contributed by atoms with Crippen LogP contribution in [-0.4, -0.2) is 11.1 Å². The van der Waals surface area contributed by atoms with Crippen molar-refractivity contribution in [1.82, 2.24) is 5.32 Å². The predicted molar refractivity (Wildman–Crippen MR) is 135 cm³/mol. The normalized spacial score (nSPS) is 15.9. The summed E-state index contributed by atoms with van der Waals surface area (Å²) in [5.74, 6) is 0.0908. The van der Waals surface area contributed by atoms with Gasteiger partial charge in [-0.05, 0) is 97.2 Å². The number of ether oxygens (including phenoxy) is 1. The molecule has 32 heavy (non-hydrogen) atoms. The molecule has 0 unspecified atom stereocenters. The van der Waals surface area contributed by atoms with Gasteiger partial charge in [0, 0.05) is 0 Å². The molecule has 4 nitrogen and oxygen atoms in total. The highest BCUT2D eigenvalue weighted by atomic mass is 79.9. The second-order valence-corrected chi connectivity index (χ2v) is 9.81. The molecule has 0 spiro atoms. The minimum atomic E-state index is -0.289. The van der Waals surface area contributed by atoms with E-state index in [0.717, 1.165) is 11.1 Å². The summed E-state index contributed by atoms with van der Waals surface area (Å²) in [4.78, 5) is 17.3. The van der Waals surface area contributed by atoms with Gasteiger partial charge in [-0.15, -0.1) is 0 Å². The van der Waals surface area contributed by atoms with Gasteiger partial charge in [-0.25, -0.2) is 9.38 Å². The number of rotatable bonds is 5. The summed E-state index contributed by atoms with van der Waals surface area (Å²) < 4.78 is 20.4. The summed E-state index contributed by atoms with van der Waals surface area (Å²) in [5, 5.41) is 3.73. The van der Waals surface area contributed by atoms with E-state index < -0.39 is 0 Å². The first-order chi connectivity index (χ1) is 15.4. The molecule has 162 valence electrons. The van der Waals surface area contributed by atoms with Gasteiger partial charge in [0.15, 0.2) is 5.17 Å². The number of amides is 1.